The maximum Gasteiger partial charge on any atom is 0.321 e. The second kappa shape index (κ2) is 3.95. The van der Waals surface area contributed by atoms with Crippen LogP contribution >= 0.6 is 0 Å². The van der Waals surface area contributed by atoms with E-state index in [-0.39, 0.29) is 17.2 Å². The molecule has 98 valence electrons. The molecular weight excluding hydrogens is 242 g/mol. The first-order valence-electron chi connectivity index (χ1n) is 5.94. The van der Waals surface area contributed by atoms with Crippen molar-refractivity contribution < 1.29 is 18.3 Å². The number of nitrogens with one attached hydrogen (secondary N) is 1. The summed E-state index contributed by atoms with van der Waals surface area (Å²) < 4.78 is 24.2. The van der Waals surface area contributed by atoms with Crippen LogP contribution in [0.25, 0.3) is 0 Å². The summed E-state index contributed by atoms with van der Waals surface area (Å²) in [6, 6.07) is -1.20. The minimum atomic E-state index is -3.29. The first kappa shape index (κ1) is 12.8. The fourth-order valence-electron chi connectivity index (χ4n) is 3.07. The quantitative estimate of drug-likeness (QED) is 0.714. The molecule has 0 aromatic rings. The molecule has 5 nitrogen and oxygen atoms in total. The first-order chi connectivity index (χ1) is 7.74. The van der Waals surface area contributed by atoms with Crippen molar-refractivity contribution in [1.29, 1.82) is 0 Å². The van der Waals surface area contributed by atoms with Crippen LogP contribution in [-0.4, -0.2) is 42.6 Å². The standard InChI is InChI=1S/C11H19NO4S/c1-11(2)5-3-4-8-9(11)12-7(10(13)14)6-17(8,15)16/h7-9,12H,3-6H2,1-2H3,(H,13,14). The summed E-state index contributed by atoms with van der Waals surface area (Å²) in [5.74, 6) is -1.35. The molecule has 0 spiro atoms. The zero-order chi connectivity index (χ0) is 12.8. The molecule has 2 fully saturated rings. The van der Waals surface area contributed by atoms with Gasteiger partial charge < -0.3 is 5.11 Å². The number of carboxylic acids is 1. The van der Waals surface area contributed by atoms with Crippen molar-refractivity contribution in [3.05, 3.63) is 0 Å². The molecular formula is C11H19NO4S. The van der Waals surface area contributed by atoms with Gasteiger partial charge in [-0.3, -0.25) is 10.1 Å². The summed E-state index contributed by atoms with van der Waals surface area (Å²) in [7, 11) is -3.29. The zero-order valence-corrected chi connectivity index (χ0v) is 11.0. The SMILES string of the molecule is CC1(C)CCCC2C1NC(C(=O)O)CS2(=O)=O. The van der Waals surface area contributed by atoms with E-state index < -0.39 is 27.1 Å². The van der Waals surface area contributed by atoms with Gasteiger partial charge in [-0.1, -0.05) is 20.3 Å². The number of fused-ring (bicyclic) bond motifs is 1. The Hall–Kier alpha value is -0.620. The van der Waals surface area contributed by atoms with Crippen molar-refractivity contribution in [2.45, 2.75) is 50.4 Å². The van der Waals surface area contributed by atoms with Crippen LogP contribution in [0.15, 0.2) is 0 Å². The number of hydrogen-bond donors (Lipinski definition) is 2. The van der Waals surface area contributed by atoms with Gasteiger partial charge in [0.25, 0.3) is 0 Å². The molecule has 1 heterocycles. The van der Waals surface area contributed by atoms with Crippen LogP contribution in [0.1, 0.15) is 33.1 Å². The number of carbonyl (C=O) groups is 1. The second-order valence-corrected chi connectivity index (χ2v) is 8.05. The minimum absolute atomic E-state index is 0.163. The maximum absolute atomic E-state index is 12.1. The van der Waals surface area contributed by atoms with Crippen LogP contribution in [0.5, 0.6) is 0 Å². The van der Waals surface area contributed by atoms with Gasteiger partial charge in [-0.2, -0.15) is 0 Å². The lowest BCUT2D eigenvalue weighted by atomic mass is 9.72. The van der Waals surface area contributed by atoms with Gasteiger partial charge in [0.15, 0.2) is 9.84 Å². The number of sulfone groups is 1. The van der Waals surface area contributed by atoms with Crippen molar-refractivity contribution >= 4 is 15.8 Å². The van der Waals surface area contributed by atoms with Crippen molar-refractivity contribution in [2.75, 3.05) is 5.75 Å². The fourth-order valence-corrected chi connectivity index (χ4v) is 5.41. The predicted octanol–water partition coefficient (Wildman–Crippen LogP) is 0.405. The van der Waals surface area contributed by atoms with Crippen LogP contribution in [-0.2, 0) is 14.6 Å². The van der Waals surface area contributed by atoms with Crippen LogP contribution in [0, 0.1) is 5.41 Å². The highest BCUT2D eigenvalue weighted by atomic mass is 32.2. The molecule has 3 unspecified atom stereocenters. The van der Waals surface area contributed by atoms with Gasteiger partial charge in [0.1, 0.15) is 6.04 Å². The van der Waals surface area contributed by atoms with Crippen LogP contribution in [0.4, 0.5) is 0 Å². The Morgan fingerprint density at radius 2 is 2.06 bits per heavy atom. The van der Waals surface area contributed by atoms with E-state index in [1.165, 1.54) is 0 Å². The Labute approximate surface area is 102 Å². The largest absolute Gasteiger partial charge is 0.480 e. The molecule has 1 saturated heterocycles. The van der Waals surface area contributed by atoms with Crippen molar-refractivity contribution in [3.63, 3.8) is 0 Å². The average molecular weight is 261 g/mol. The molecule has 0 bridgehead atoms. The van der Waals surface area contributed by atoms with Crippen molar-refractivity contribution in [2.24, 2.45) is 5.41 Å². The third-order valence-corrected chi connectivity index (χ3v) is 6.29. The summed E-state index contributed by atoms with van der Waals surface area (Å²) >= 11 is 0. The third-order valence-electron chi connectivity index (χ3n) is 4.06. The van der Waals surface area contributed by atoms with Crippen LogP contribution in [0.3, 0.4) is 0 Å². The second-order valence-electron chi connectivity index (χ2n) is 5.78. The molecule has 3 atom stereocenters. The molecule has 2 N–H and O–H groups in total. The van der Waals surface area contributed by atoms with Crippen molar-refractivity contribution in [3.8, 4) is 0 Å². The topological polar surface area (TPSA) is 83.5 Å². The summed E-state index contributed by atoms with van der Waals surface area (Å²) in [6.45, 7) is 4.02. The molecule has 2 rings (SSSR count). The number of carboxylic acid groups (broad SMARTS) is 1. The van der Waals surface area contributed by atoms with E-state index in [9.17, 15) is 13.2 Å². The van der Waals surface area contributed by atoms with Crippen LogP contribution < -0.4 is 5.32 Å². The highest BCUT2D eigenvalue weighted by Gasteiger charge is 2.50. The van der Waals surface area contributed by atoms with Crippen molar-refractivity contribution in [1.82, 2.24) is 5.32 Å². The molecule has 0 aromatic heterocycles. The first-order valence-corrected chi connectivity index (χ1v) is 7.66. The van der Waals surface area contributed by atoms with E-state index in [0.29, 0.717) is 6.42 Å². The number of rotatable bonds is 1. The predicted molar refractivity (Wildman–Crippen MR) is 63.6 cm³/mol. The van der Waals surface area contributed by atoms with E-state index >= 15 is 0 Å². The van der Waals surface area contributed by atoms with E-state index in [0.717, 1.165) is 12.8 Å². The Morgan fingerprint density at radius 1 is 1.41 bits per heavy atom. The molecule has 17 heavy (non-hydrogen) atoms. The molecule has 6 heteroatoms. The lowest BCUT2D eigenvalue weighted by Gasteiger charge is -2.48. The van der Waals surface area contributed by atoms with E-state index in [1.807, 2.05) is 13.8 Å². The average Bonchev–Trinajstić information content (AvgIpc) is 2.17. The minimum Gasteiger partial charge on any atom is -0.480 e. The molecule has 0 amide bonds. The summed E-state index contributed by atoms with van der Waals surface area (Å²) in [4.78, 5) is 11.0. The molecule has 2 aliphatic rings. The Bertz CT molecular complexity index is 429. The zero-order valence-electron chi connectivity index (χ0n) is 10.1. The Balaban J connectivity index is 2.35. The molecule has 0 aromatic carbocycles. The highest BCUT2D eigenvalue weighted by Crippen LogP contribution is 2.40. The lowest BCUT2D eigenvalue weighted by Crippen LogP contribution is -2.65. The normalized spacial score (nSPS) is 39.3. The lowest BCUT2D eigenvalue weighted by molar-refractivity contribution is -0.139. The summed E-state index contributed by atoms with van der Waals surface area (Å²) in [5.41, 5.74) is -0.163. The molecule has 1 aliphatic carbocycles. The monoisotopic (exact) mass is 261 g/mol. The van der Waals surface area contributed by atoms with Gasteiger partial charge in [-0.05, 0) is 18.3 Å². The van der Waals surface area contributed by atoms with E-state index in [2.05, 4.69) is 5.32 Å². The fraction of sp³-hybridized carbons (Fsp3) is 0.909. The number of hydrogen-bond acceptors (Lipinski definition) is 4. The summed E-state index contributed by atoms with van der Waals surface area (Å²) in [6.07, 6.45) is 2.48. The highest BCUT2D eigenvalue weighted by molar-refractivity contribution is 7.92. The van der Waals surface area contributed by atoms with Gasteiger partial charge in [-0.25, -0.2) is 8.42 Å². The molecule has 0 radical (unpaired) electrons. The smallest absolute Gasteiger partial charge is 0.321 e. The van der Waals surface area contributed by atoms with Gasteiger partial charge in [0.05, 0.1) is 11.0 Å². The maximum atomic E-state index is 12.1. The van der Waals surface area contributed by atoms with E-state index in [4.69, 9.17) is 5.11 Å². The Morgan fingerprint density at radius 3 is 2.65 bits per heavy atom. The van der Waals surface area contributed by atoms with Gasteiger partial charge in [-0.15, -0.1) is 0 Å². The van der Waals surface area contributed by atoms with Gasteiger partial charge in [0.2, 0.25) is 0 Å². The number of aliphatic carboxylic acids is 1. The van der Waals surface area contributed by atoms with E-state index in [1.54, 1.807) is 0 Å². The van der Waals surface area contributed by atoms with Gasteiger partial charge in [0, 0.05) is 6.04 Å². The van der Waals surface area contributed by atoms with Gasteiger partial charge >= 0.3 is 5.97 Å². The Kier molecular flexibility index (Phi) is 2.98. The third kappa shape index (κ3) is 2.20. The van der Waals surface area contributed by atoms with Crippen LogP contribution in [0.2, 0.25) is 0 Å². The molecule has 1 saturated carbocycles. The summed E-state index contributed by atoms with van der Waals surface area (Å²) in [5, 5.41) is 11.6. The molecule has 1 aliphatic heterocycles.